The molecule has 1 aliphatic rings. The predicted molar refractivity (Wildman–Crippen MR) is 65.0 cm³/mol. The van der Waals surface area contributed by atoms with Crippen LogP contribution in [0.25, 0.3) is 0 Å². The van der Waals surface area contributed by atoms with Crippen LogP contribution in [0.4, 0.5) is 16.2 Å². The number of nitrogens with zero attached hydrogens (tertiary/aromatic N) is 3. The van der Waals surface area contributed by atoms with Crippen molar-refractivity contribution in [3.63, 3.8) is 0 Å². The number of rotatable bonds is 5. The van der Waals surface area contributed by atoms with Crippen molar-refractivity contribution in [1.29, 1.82) is 0 Å². The summed E-state index contributed by atoms with van der Waals surface area (Å²) < 4.78 is 13.8. The number of anilines is 2. The fourth-order valence-electron chi connectivity index (χ4n) is 1.82. The minimum atomic E-state index is -0.392. The van der Waals surface area contributed by atoms with E-state index in [1.54, 1.807) is 0 Å². The Labute approximate surface area is 100 Å². The maximum atomic E-state index is 13.8. The van der Waals surface area contributed by atoms with Crippen LogP contribution in [0, 0.1) is 11.7 Å². The molecular weight excluding hydrogens is 221 g/mol. The molecule has 0 bridgehead atoms. The van der Waals surface area contributed by atoms with Crippen molar-refractivity contribution in [2.45, 2.75) is 32.7 Å². The number of nitrogens with two attached hydrogens (primary N) is 1. The number of hydrogen-bond donors (Lipinski definition) is 2. The second-order valence-corrected chi connectivity index (χ2v) is 4.79. The third-order valence-corrected chi connectivity index (χ3v) is 2.68. The first-order chi connectivity index (χ1) is 8.11. The first kappa shape index (κ1) is 12.0. The summed E-state index contributed by atoms with van der Waals surface area (Å²) in [5, 5.41) is 0. The predicted octanol–water partition coefficient (Wildman–Crippen LogP) is 1.53. The van der Waals surface area contributed by atoms with Crippen LogP contribution < -0.4 is 16.2 Å². The molecule has 0 spiro atoms. The Hall–Kier alpha value is -1.43. The van der Waals surface area contributed by atoms with E-state index < -0.39 is 5.82 Å². The van der Waals surface area contributed by atoms with Gasteiger partial charge in [0.05, 0.1) is 6.20 Å². The molecule has 0 saturated heterocycles. The van der Waals surface area contributed by atoms with E-state index in [9.17, 15) is 4.39 Å². The van der Waals surface area contributed by atoms with Gasteiger partial charge in [0.15, 0.2) is 11.6 Å². The van der Waals surface area contributed by atoms with Gasteiger partial charge < -0.3 is 4.90 Å². The number of aromatic nitrogens is 2. The zero-order valence-electron chi connectivity index (χ0n) is 10.2. The maximum Gasteiger partial charge on any atom is 0.239 e. The molecule has 0 radical (unpaired) electrons. The van der Waals surface area contributed by atoms with E-state index in [2.05, 4.69) is 29.2 Å². The largest absolute Gasteiger partial charge is 0.351 e. The van der Waals surface area contributed by atoms with Crippen LogP contribution in [-0.4, -0.2) is 22.6 Å². The molecule has 2 rings (SSSR count). The Balaban J connectivity index is 2.27. The molecule has 3 N–H and O–H groups in total. The Morgan fingerprint density at radius 2 is 2.29 bits per heavy atom. The van der Waals surface area contributed by atoms with Gasteiger partial charge in [0, 0.05) is 12.6 Å². The van der Waals surface area contributed by atoms with Gasteiger partial charge in [-0.2, -0.15) is 4.98 Å². The standard InChI is InChI=1S/C11H18FN5/c1-7(2)6-17(8-3-4-8)10-9(12)5-14-11(15-10)16-13/h5,7-8H,3-4,6,13H2,1-2H3,(H,14,15,16). The van der Waals surface area contributed by atoms with Crippen molar-refractivity contribution in [3.8, 4) is 0 Å². The number of hydrogen-bond acceptors (Lipinski definition) is 5. The number of nitrogens with one attached hydrogen (secondary N) is 1. The molecule has 1 aliphatic carbocycles. The molecule has 0 aromatic carbocycles. The molecule has 1 aromatic heterocycles. The molecule has 1 fully saturated rings. The lowest BCUT2D eigenvalue weighted by Crippen LogP contribution is -2.32. The average Bonchev–Trinajstić information content (AvgIpc) is 3.10. The highest BCUT2D eigenvalue weighted by atomic mass is 19.1. The fourth-order valence-corrected chi connectivity index (χ4v) is 1.82. The molecule has 6 heteroatoms. The molecule has 94 valence electrons. The molecular formula is C11H18FN5. The first-order valence-corrected chi connectivity index (χ1v) is 5.87. The van der Waals surface area contributed by atoms with Crippen LogP contribution in [0.3, 0.4) is 0 Å². The smallest absolute Gasteiger partial charge is 0.239 e. The summed E-state index contributed by atoms with van der Waals surface area (Å²) >= 11 is 0. The summed E-state index contributed by atoms with van der Waals surface area (Å²) in [5.74, 6) is 5.91. The summed E-state index contributed by atoms with van der Waals surface area (Å²) in [6.45, 7) is 5.01. The first-order valence-electron chi connectivity index (χ1n) is 5.87. The zero-order valence-corrected chi connectivity index (χ0v) is 10.2. The lowest BCUT2D eigenvalue weighted by Gasteiger charge is -2.25. The highest BCUT2D eigenvalue weighted by molar-refractivity contribution is 5.45. The molecule has 0 amide bonds. The topological polar surface area (TPSA) is 67.1 Å². The minimum Gasteiger partial charge on any atom is -0.351 e. The van der Waals surface area contributed by atoms with Crippen molar-refractivity contribution in [1.82, 2.24) is 9.97 Å². The zero-order chi connectivity index (χ0) is 12.4. The van der Waals surface area contributed by atoms with Gasteiger partial charge in [-0.1, -0.05) is 13.8 Å². The Bertz CT molecular complexity index is 391. The third kappa shape index (κ3) is 2.82. The molecule has 0 atom stereocenters. The summed E-state index contributed by atoms with van der Waals surface area (Å²) in [7, 11) is 0. The van der Waals surface area contributed by atoms with E-state index in [0.29, 0.717) is 17.8 Å². The molecule has 1 saturated carbocycles. The van der Waals surface area contributed by atoms with Crippen LogP contribution in [0.5, 0.6) is 0 Å². The monoisotopic (exact) mass is 239 g/mol. The number of hydrazine groups is 1. The summed E-state index contributed by atoms with van der Waals surface area (Å²) in [6.07, 6.45) is 3.36. The maximum absolute atomic E-state index is 13.8. The second kappa shape index (κ2) is 4.83. The van der Waals surface area contributed by atoms with Crippen molar-refractivity contribution in [3.05, 3.63) is 12.0 Å². The normalized spacial score (nSPS) is 15.1. The number of nitrogen functional groups attached to an aromatic ring is 1. The van der Waals surface area contributed by atoms with Crippen LogP contribution in [0.15, 0.2) is 6.20 Å². The van der Waals surface area contributed by atoms with Crippen LogP contribution in [-0.2, 0) is 0 Å². The van der Waals surface area contributed by atoms with Crippen molar-refractivity contribution in [2.75, 3.05) is 16.9 Å². The average molecular weight is 239 g/mol. The lowest BCUT2D eigenvalue weighted by molar-refractivity contribution is 0.566. The molecule has 5 nitrogen and oxygen atoms in total. The Morgan fingerprint density at radius 1 is 1.59 bits per heavy atom. The summed E-state index contributed by atoms with van der Waals surface area (Å²) in [4.78, 5) is 9.88. The van der Waals surface area contributed by atoms with E-state index in [4.69, 9.17) is 5.84 Å². The van der Waals surface area contributed by atoms with Gasteiger partial charge in [0.2, 0.25) is 5.95 Å². The van der Waals surface area contributed by atoms with E-state index >= 15 is 0 Å². The van der Waals surface area contributed by atoms with Gasteiger partial charge in [-0.05, 0) is 18.8 Å². The quantitative estimate of drug-likeness (QED) is 0.602. The van der Waals surface area contributed by atoms with Gasteiger partial charge >= 0.3 is 0 Å². The third-order valence-electron chi connectivity index (χ3n) is 2.68. The van der Waals surface area contributed by atoms with E-state index in [0.717, 1.165) is 25.6 Å². The van der Waals surface area contributed by atoms with Gasteiger partial charge in [-0.3, -0.25) is 5.43 Å². The SMILES string of the molecule is CC(C)CN(c1nc(NN)ncc1F)C1CC1. The van der Waals surface area contributed by atoms with Crippen molar-refractivity contribution < 1.29 is 4.39 Å². The second-order valence-electron chi connectivity index (χ2n) is 4.79. The Kier molecular flexibility index (Phi) is 3.42. The van der Waals surface area contributed by atoms with Gasteiger partial charge in [0.25, 0.3) is 0 Å². The van der Waals surface area contributed by atoms with E-state index in [1.807, 2.05) is 4.90 Å². The molecule has 17 heavy (non-hydrogen) atoms. The summed E-state index contributed by atoms with van der Waals surface area (Å²) in [6, 6.07) is 0.410. The number of halogens is 1. The Morgan fingerprint density at radius 3 is 2.82 bits per heavy atom. The molecule has 1 aromatic rings. The fraction of sp³-hybridized carbons (Fsp3) is 0.636. The van der Waals surface area contributed by atoms with E-state index in [-0.39, 0.29) is 5.95 Å². The summed E-state index contributed by atoms with van der Waals surface area (Å²) in [5.41, 5.74) is 2.35. The van der Waals surface area contributed by atoms with Crippen LogP contribution in [0.1, 0.15) is 26.7 Å². The van der Waals surface area contributed by atoms with Gasteiger partial charge in [-0.15, -0.1) is 0 Å². The molecule has 1 heterocycles. The van der Waals surface area contributed by atoms with Crippen molar-refractivity contribution in [2.24, 2.45) is 11.8 Å². The van der Waals surface area contributed by atoms with Crippen LogP contribution in [0.2, 0.25) is 0 Å². The minimum absolute atomic E-state index is 0.246. The molecule has 0 unspecified atom stereocenters. The van der Waals surface area contributed by atoms with E-state index in [1.165, 1.54) is 0 Å². The van der Waals surface area contributed by atoms with Gasteiger partial charge in [-0.25, -0.2) is 15.2 Å². The van der Waals surface area contributed by atoms with Crippen LogP contribution >= 0.6 is 0 Å². The van der Waals surface area contributed by atoms with Gasteiger partial charge in [0.1, 0.15) is 0 Å². The molecule has 0 aliphatic heterocycles. The highest BCUT2D eigenvalue weighted by Crippen LogP contribution is 2.32. The highest BCUT2D eigenvalue weighted by Gasteiger charge is 2.32. The van der Waals surface area contributed by atoms with Crippen molar-refractivity contribution >= 4 is 11.8 Å². The lowest BCUT2D eigenvalue weighted by atomic mass is 10.2.